The number of hydrogen-bond donors (Lipinski definition) is 3. The molecule has 114 valence electrons. The molecule has 7 heteroatoms. The standard InChI is InChI=1S/C13H23N3O4/c1-3-13(4-2,11(18)19)15-12(20)16-7-5-9(6-8-16)10(14)17/h9H,3-8H2,1-2H3,(H2,14,17)(H,15,20)(H,18,19). The highest BCUT2D eigenvalue weighted by atomic mass is 16.4. The summed E-state index contributed by atoms with van der Waals surface area (Å²) in [5.41, 5.74) is 4.01. The van der Waals surface area contributed by atoms with E-state index in [1.807, 2.05) is 0 Å². The Kier molecular flexibility index (Phi) is 5.35. The van der Waals surface area contributed by atoms with Crippen LogP contribution in [0.5, 0.6) is 0 Å². The van der Waals surface area contributed by atoms with Gasteiger partial charge in [-0.3, -0.25) is 4.79 Å². The zero-order valence-corrected chi connectivity index (χ0v) is 12.0. The number of nitrogens with two attached hydrogens (primary N) is 1. The molecule has 0 aromatic heterocycles. The third-order valence-electron chi connectivity index (χ3n) is 4.15. The first kappa shape index (κ1) is 16.3. The van der Waals surface area contributed by atoms with Crippen molar-refractivity contribution >= 4 is 17.9 Å². The molecular formula is C13H23N3O4. The van der Waals surface area contributed by atoms with Gasteiger partial charge in [0.2, 0.25) is 5.91 Å². The average Bonchev–Trinajstić information content (AvgIpc) is 2.44. The quantitative estimate of drug-likeness (QED) is 0.684. The zero-order chi connectivity index (χ0) is 15.3. The molecule has 1 rings (SSSR count). The maximum absolute atomic E-state index is 12.1. The number of aliphatic carboxylic acids is 1. The van der Waals surface area contributed by atoms with Crippen molar-refractivity contribution in [3.05, 3.63) is 0 Å². The summed E-state index contributed by atoms with van der Waals surface area (Å²) in [7, 11) is 0. The highest BCUT2D eigenvalue weighted by Crippen LogP contribution is 2.19. The monoisotopic (exact) mass is 285 g/mol. The number of amides is 3. The number of hydrogen-bond acceptors (Lipinski definition) is 3. The lowest BCUT2D eigenvalue weighted by Gasteiger charge is -2.35. The minimum absolute atomic E-state index is 0.194. The molecule has 0 radical (unpaired) electrons. The van der Waals surface area contributed by atoms with Crippen LogP contribution < -0.4 is 11.1 Å². The number of likely N-dealkylation sites (tertiary alicyclic amines) is 1. The summed E-state index contributed by atoms with van der Waals surface area (Å²) in [6.45, 7) is 4.31. The highest BCUT2D eigenvalue weighted by Gasteiger charge is 2.38. The van der Waals surface area contributed by atoms with Crippen LogP contribution in [0.15, 0.2) is 0 Å². The molecule has 4 N–H and O–H groups in total. The molecule has 0 spiro atoms. The lowest BCUT2D eigenvalue weighted by Crippen LogP contribution is -2.58. The van der Waals surface area contributed by atoms with Crippen LogP contribution in [0.25, 0.3) is 0 Å². The minimum atomic E-state index is -1.22. The maximum atomic E-state index is 12.1. The number of carboxylic acid groups (broad SMARTS) is 1. The Labute approximate surface area is 118 Å². The molecule has 0 atom stereocenters. The van der Waals surface area contributed by atoms with Crippen LogP contribution in [0, 0.1) is 5.92 Å². The second-order valence-corrected chi connectivity index (χ2v) is 5.19. The van der Waals surface area contributed by atoms with Crippen molar-refractivity contribution in [2.24, 2.45) is 11.7 Å². The van der Waals surface area contributed by atoms with Gasteiger partial charge in [-0.2, -0.15) is 0 Å². The van der Waals surface area contributed by atoms with Crippen LogP contribution in [0.2, 0.25) is 0 Å². The van der Waals surface area contributed by atoms with E-state index in [2.05, 4.69) is 5.32 Å². The fourth-order valence-electron chi connectivity index (χ4n) is 2.43. The summed E-state index contributed by atoms with van der Waals surface area (Å²) >= 11 is 0. The molecule has 0 bridgehead atoms. The highest BCUT2D eigenvalue weighted by molar-refractivity contribution is 5.86. The van der Waals surface area contributed by atoms with Gasteiger partial charge in [0.25, 0.3) is 0 Å². The number of carboxylic acids is 1. The van der Waals surface area contributed by atoms with E-state index in [0.29, 0.717) is 38.8 Å². The second-order valence-electron chi connectivity index (χ2n) is 5.19. The molecule has 0 saturated carbocycles. The van der Waals surface area contributed by atoms with Crippen LogP contribution in [-0.2, 0) is 9.59 Å². The molecule has 0 aliphatic carbocycles. The van der Waals surface area contributed by atoms with E-state index in [0.717, 1.165) is 0 Å². The van der Waals surface area contributed by atoms with Gasteiger partial charge >= 0.3 is 12.0 Å². The molecule has 0 aromatic carbocycles. The van der Waals surface area contributed by atoms with E-state index in [1.54, 1.807) is 18.7 Å². The third-order valence-corrected chi connectivity index (χ3v) is 4.15. The number of primary amides is 1. The first-order valence-electron chi connectivity index (χ1n) is 6.96. The molecule has 0 unspecified atom stereocenters. The molecule has 20 heavy (non-hydrogen) atoms. The fraction of sp³-hybridized carbons (Fsp3) is 0.769. The topological polar surface area (TPSA) is 113 Å². The number of piperidine rings is 1. The van der Waals surface area contributed by atoms with E-state index in [4.69, 9.17) is 5.73 Å². The van der Waals surface area contributed by atoms with Gasteiger partial charge in [0.1, 0.15) is 5.54 Å². The van der Waals surface area contributed by atoms with Crippen molar-refractivity contribution in [3.63, 3.8) is 0 Å². The molecule has 1 aliphatic rings. The molecule has 1 fully saturated rings. The van der Waals surface area contributed by atoms with Gasteiger partial charge in [-0.15, -0.1) is 0 Å². The summed E-state index contributed by atoms with van der Waals surface area (Å²) in [5.74, 6) is -1.56. The first-order valence-corrected chi connectivity index (χ1v) is 6.96. The summed E-state index contributed by atoms with van der Waals surface area (Å²) < 4.78 is 0. The van der Waals surface area contributed by atoms with Gasteiger partial charge in [-0.05, 0) is 25.7 Å². The van der Waals surface area contributed by atoms with Gasteiger partial charge in [0, 0.05) is 19.0 Å². The van der Waals surface area contributed by atoms with E-state index >= 15 is 0 Å². The van der Waals surface area contributed by atoms with Crippen molar-refractivity contribution in [1.82, 2.24) is 10.2 Å². The van der Waals surface area contributed by atoms with E-state index in [-0.39, 0.29) is 17.9 Å². The normalized spacial score (nSPS) is 16.8. The first-order chi connectivity index (χ1) is 9.36. The number of urea groups is 1. The smallest absolute Gasteiger partial charge is 0.329 e. The zero-order valence-electron chi connectivity index (χ0n) is 12.0. The summed E-state index contributed by atoms with van der Waals surface area (Å²) in [6.07, 6.45) is 1.70. The van der Waals surface area contributed by atoms with Crippen LogP contribution in [0.1, 0.15) is 39.5 Å². The Balaban J connectivity index is 2.63. The predicted molar refractivity (Wildman–Crippen MR) is 73.0 cm³/mol. The van der Waals surface area contributed by atoms with Crippen molar-refractivity contribution in [2.45, 2.75) is 45.1 Å². The molecule has 1 heterocycles. The SMILES string of the molecule is CCC(CC)(NC(=O)N1CCC(C(N)=O)CC1)C(=O)O. The number of rotatable bonds is 5. The van der Waals surface area contributed by atoms with Gasteiger partial charge in [-0.25, -0.2) is 9.59 Å². The van der Waals surface area contributed by atoms with E-state index in [9.17, 15) is 19.5 Å². The largest absolute Gasteiger partial charge is 0.480 e. The molecule has 1 aliphatic heterocycles. The lowest BCUT2D eigenvalue weighted by atomic mass is 9.93. The van der Waals surface area contributed by atoms with Crippen molar-refractivity contribution in [3.8, 4) is 0 Å². The van der Waals surface area contributed by atoms with Gasteiger partial charge < -0.3 is 21.1 Å². The van der Waals surface area contributed by atoms with Crippen LogP contribution in [-0.4, -0.2) is 46.5 Å². The summed E-state index contributed by atoms with van der Waals surface area (Å²) in [6, 6.07) is -0.390. The van der Waals surface area contributed by atoms with Crippen molar-refractivity contribution in [2.75, 3.05) is 13.1 Å². The average molecular weight is 285 g/mol. The molecule has 3 amide bonds. The number of nitrogens with zero attached hydrogens (tertiary/aromatic N) is 1. The molecule has 0 aromatic rings. The predicted octanol–water partition coefficient (Wildman–Crippen LogP) is 0.537. The third kappa shape index (κ3) is 3.40. The number of carbonyl (C=O) groups excluding carboxylic acids is 2. The maximum Gasteiger partial charge on any atom is 0.329 e. The summed E-state index contributed by atoms with van der Waals surface area (Å²) in [4.78, 5) is 36.1. The molecule has 7 nitrogen and oxygen atoms in total. The van der Waals surface area contributed by atoms with E-state index < -0.39 is 11.5 Å². The second kappa shape index (κ2) is 6.58. The minimum Gasteiger partial charge on any atom is -0.480 e. The number of carbonyl (C=O) groups is 3. The van der Waals surface area contributed by atoms with Crippen molar-refractivity contribution < 1.29 is 19.5 Å². The lowest BCUT2D eigenvalue weighted by molar-refractivity contribution is -0.144. The van der Waals surface area contributed by atoms with Gasteiger partial charge in [0.05, 0.1) is 0 Å². The Morgan fingerprint density at radius 1 is 1.25 bits per heavy atom. The van der Waals surface area contributed by atoms with Crippen LogP contribution >= 0.6 is 0 Å². The Bertz CT molecular complexity index is 385. The number of nitrogens with one attached hydrogen (secondary N) is 1. The molecule has 1 saturated heterocycles. The van der Waals surface area contributed by atoms with Crippen LogP contribution in [0.3, 0.4) is 0 Å². The van der Waals surface area contributed by atoms with E-state index in [1.165, 1.54) is 0 Å². The van der Waals surface area contributed by atoms with Crippen LogP contribution in [0.4, 0.5) is 4.79 Å². The Hall–Kier alpha value is -1.79. The Morgan fingerprint density at radius 2 is 1.75 bits per heavy atom. The summed E-state index contributed by atoms with van der Waals surface area (Å²) in [5, 5.41) is 11.9. The molecular weight excluding hydrogens is 262 g/mol. The Morgan fingerprint density at radius 3 is 2.10 bits per heavy atom. The fourth-order valence-corrected chi connectivity index (χ4v) is 2.43. The van der Waals surface area contributed by atoms with Gasteiger partial charge in [-0.1, -0.05) is 13.8 Å². The van der Waals surface area contributed by atoms with Crippen molar-refractivity contribution in [1.29, 1.82) is 0 Å². The van der Waals surface area contributed by atoms with Gasteiger partial charge in [0.15, 0.2) is 0 Å².